The third-order valence-electron chi connectivity index (χ3n) is 5.52. The molecule has 0 spiro atoms. The first kappa shape index (κ1) is 21.7. The quantitative estimate of drug-likeness (QED) is 0.698. The maximum atomic E-state index is 13.4. The molecule has 1 saturated carbocycles. The summed E-state index contributed by atoms with van der Waals surface area (Å²) in [6, 6.07) is 6.99. The SMILES string of the molecule is COc1cccc(-n2cc(OC(=O)O)c(N(C(=O)C3CCC(C)CC3)C(C)C)n2)c1. The van der Waals surface area contributed by atoms with E-state index < -0.39 is 6.16 Å². The average molecular weight is 415 g/mol. The van der Waals surface area contributed by atoms with Crippen LogP contribution in [0.25, 0.3) is 5.69 Å². The van der Waals surface area contributed by atoms with E-state index in [2.05, 4.69) is 12.0 Å². The van der Waals surface area contributed by atoms with Gasteiger partial charge in [-0.2, -0.15) is 0 Å². The van der Waals surface area contributed by atoms with Gasteiger partial charge in [0, 0.05) is 18.0 Å². The number of hydrogen-bond donors (Lipinski definition) is 1. The zero-order chi connectivity index (χ0) is 21.8. The molecule has 1 fully saturated rings. The van der Waals surface area contributed by atoms with Gasteiger partial charge in [-0.25, -0.2) is 9.48 Å². The van der Waals surface area contributed by atoms with E-state index in [1.54, 1.807) is 24.1 Å². The zero-order valence-electron chi connectivity index (χ0n) is 17.9. The number of nitrogens with zero attached hydrogens (tertiary/aromatic N) is 3. The molecule has 1 amide bonds. The molecule has 0 atom stereocenters. The Hall–Kier alpha value is -3.03. The lowest BCUT2D eigenvalue weighted by atomic mass is 9.82. The summed E-state index contributed by atoms with van der Waals surface area (Å²) in [5.74, 6) is 1.36. The molecule has 30 heavy (non-hydrogen) atoms. The number of rotatable bonds is 6. The number of aromatic nitrogens is 2. The number of anilines is 1. The van der Waals surface area contributed by atoms with Crippen molar-refractivity contribution in [2.24, 2.45) is 11.8 Å². The number of benzene rings is 1. The predicted molar refractivity (Wildman–Crippen MR) is 113 cm³/mol. The van der Waals surface area contributed by atoms with Crippen molar-refractivity contribution >= 4 is 17.9 Å². The summed E-state index contributed by atoms with van der Waals surface area (Å²) in [6.07, 6.45) is 3.70. The van der Waals surface area contributed by atoms with Gasteiger partial charge in [-0.3, -0.25) is 9.69 Å². The summed E-state index contributed by atoms with van der Waals surface area (Å²) < 4.78 is 11.8. The fraction of sp³-hybridized carbons (Fsp3) is 0.500. The van der Waals surface area contributed by atoms with Crippen molar-refractivity contribution < 1.29 is 24.2 Å². The van der Waals surface area contributed by atoms with Crippen molar-refractivity contribution in [3.63, 3.8) is 0 Å². The molecule has 3 rings (SSSR count). The first-order chi connectivity index (χ1) is 14.3. The van der Waals surface area contributed by atoms with E-state index in [0.29, 0.717) is 17.4 Å². The number of methoxy groups -OCH3 is 1. The molecule has 1 aromatic heterocycles. The van der Waals surface area contributed by atoms with Gasteiger partial charge in [-0.05, 0) is 57.6 Å². The molecule has 2 aromatic rings. The minimum Gasteiger partial charge on any atom is -0.497 e. The molecule has 8 heteroatoms. The number of ether oxygens (including phenoxy) is 2. The Balaban J connectivity index is 2.00. The van der Waals surface area contributed by atoms with Crippen LogP contribution in [0, 0.1) is 11.8 Å². The van der Waals surface area contributed by atoms with Gasteiger partial charge in [0.15, 0.2) is 5.75 Å². The molecule has 1 aliphatic carbocycles. The highest BCUT2D eigenvalue weighted by Gasteiger charge is 2.34. The summed E-state index contributed by atoms with van der Waals surface area (Å²) in [5, 5.41) is 13.7. The highest BCUT2D eigenvalue weighted by Crippen LogP contribution is 2.35. The van der Waals surface area contributed by atoms with E-state index in [-0.39, 0.29) is 29.4 Å². The van der Waals surface area contributed by atoms with E-state index in [9.17, 15) is 14.7 Å². The number of carbonyl (C=O) groups excluding carboxylic acids is 1. The van der Waals surface area contributed by atoms with E-state index >= 15 is 0 Å². The second kappa shape index (κ2) is 9.19. The Morgan fingerprint density at radius 3 is 2.53 bits per heavy atom. The predicted octanol–water partition coefficient (Wildman–Crippen LogP) is 4.51. The molecule has 1 aliphatic rings. The van der Waals surface area contributed by atoms with Gasteiger partial charge >= 0.3 is 6.16 Å². The summed E-state index contributed by atoms with van der Waals surface area (Å²) in [5.41, 5.74) is 0.665. The molecule has 0 saturated heterocycles. The Morgan fingerprint density at radius 2 is 1.93 bits per heavy atom. The van der Waals surface area contributed by atoms with Gasteiger partial charge in [-0.15, -0.1) is 5.10 Å². The minimum absolute atomic E-state index is 0.0246. The van der Waals surface area contributed by atoms with E-state index in [4.69, 9.17) is 9.47 Å². The van der Waals surface area contributed by atoms with Crippen LogP contribution in [0.1, 0.15) is 46.5 Å². The Bertz CT molecular complexity index is 900. The highest BCUT2D eigenvalue weighted by atomic mass is 16.7. The highest BCUT2D eigenvalue weighted by molar-refractivity contribution is 5.96. The average Bonchev–Trinajstić information content (AvgIpc) is 3.11. The molecule has 0 unspecified atom stereocenters. The van der Waals surface area contributed by atoms with Crippen molar-refractivity contribution in [2.45, 2.75) is 52.5 Å². The largest absolute Gasteiger partial charge is 0.511 e. The minimum atomic E-state index is -1.45. The van der Waals surface area contributed by atoms with Gasteiger partial charge in [0.1, 0.15) is 5.75 Å². The molecule has 0 bridgehead atoms. The second-order valence-electron chi connectivity index (χ2n) is 8.09. The second-order valence-corrected chi connectivity index (χ2v) is 8.09. The third-order valence-corrected chi connectivity index (χ3v) is 5.52. The lowest BCUT2D eigenvalue weighted by molar-refractivity contribution is -0.124. The van der Waals surface area contributed by atoms with Crippen LogP contribution in [0.4, 0.5) is 10.6 Å². The van der Waals surface area contributed by atoms with Crippen molar-refractivity contribution in [1.29, 1.82) is 0 Å². The van der Waals surface area contributed by atoms with E-state index in [1.807, 2.05) is 26.0 Å². The van der Waals surface area contributed by atoms with E-state index in [0.717, 1.165) is 25.7 Å². The van der Waals surface area contributed by atoms with Crippen molar-refractivity contribution in [3.05, 3.63) is 30.5 Å². The molecular weight excluding hydrogens is 386 g/mol. The topological polar surface area (TPSA) is 93.9 Å². The fourth-order valence-corrected chi connectivity index (χ4v) is 3.87. The molecular formula is C22H29N3O5. The zero-order valence-corrected chi connectivity index (χ0v) is 17.9. The first-order valence-electron chi connectivity index (χ1n) is 10.3. The molecule has 0 aliphatic heterocycles. The van der Waals surface area contributed by atoms with Gasteiger partial charge in [0.25, 0.3) is 0 Å². The van der Waals surface area contributed by atoms with Crippen LogP contribution in [0.3, 0.4) is 0 Å². The molecule has 0 radical (unpaired) electrons. The summed E-state index contributed by atoms with van der Waals surface area (Å²) >= 11 is 0. The first-order valence-corrected chi connectivity index (χ1v) is 10.3. The molecule has 1 aromatic carbocycles. The number of carboxylic acid groups (broad SMARTS) is 1. The van der Waals surface area contributed by atoms with Crippen LogP contribution in [-0.4, -0.2) is 40.1 Å². The van der Waals surface area contributed by atoms with Crippen LogP contribution in [0.15, 0.2) is 30.5 Å². The third kappa shape index (κ3) is 4.75. The van der Waals surface area contributed by atoms with Gasteiger partial charge in [0.2, 0.25) is 11.7 Å². The Kier molecular flexibility index (Phi) is 6.64. The van der Waals surface area contributed by atoms with Crippen LogP contribution >= 0.6 is 0 Å². The fourth-order valence-electron chi connectivity index (χ4n) is 3.87. The maximum Gasteiger partial charge on any atom is 0.511 e. The standard InChI is InChI=1S/C22H29N3O5/c1-14(2)25(21(26)16-10-8-15(3)9-11-16)20-19(30-22(27)28)13-24(23-20)17-6-5-7-18(12-17)29-4/h5-7,12-16H,8-11H2,1-4H3,(H,27,28). The van der Waals surface area contributed by atoms with Crippen LogP contribution in [-0.2, 0) is 4.79 Å². The smallest absolute Gasteiger partial charge is 0.497 e. The Morgan fingerprint density at radius 1 is 1.23 bits per heavy atom. The summed E-state index contributed by atoms with van der Waals surface area (Å²) in [7, 11) is 1.57. The van der Waals surface area contributed by atoms with Gasteiger partial charge < -0.3 is 14.6 Å². The lowest BCUT2D eigenvalue weighted by Crippen LogP contribution is -2.42. The van der Waals surface area contributed by atoms with Crippen LogP contribution in [0.5, 0.6) is 11.5 Å². The summed E-state index contributed by atoms with van der Waals surface area (Å²) in [4.78, 5) is 26.2. The van der Waals surface area contributed by atoms with Crippen LogP contribution in [0.2, 0.25) is 0 Å². The van der Waals surface area contributed by atoms with Crippen molar-refractivity contribution in [1.82, 2.24) is 9.78 Å². The van der Waals surface area contributed by atoms with Crippen molar-refractivity contribution in [3.8, 4) is 17.2 Å². The molecule has 1 heterocycles. The molecule has 162 valence electrons. The van der Waals surface area contributed by atoms with Gasteiger partial charge in [-0.1, -0.05) is 13.0 Å². The normalized spacial score (nSPS) is 18.8. The Labute approximate surface area is 176 Å². The summed E-state index contributed by atoms with van der Waals surface area (Å²) in [6.45, 7) is 5.98. The molecule has 8 nitrogen and oxygen atoms in total. The number of amides is 1. The monoisotopic (exact) mass is 415 g/mol. The number of carbonyl (C=O) groups is 2. The van der Waals surface area contributed by atoms with Crippen LogP contribution < -0.4 is 14.4 Å². The van der Waals surface area contributed by atoms with Crippen molar-refractivity contribution in [2.75, 3.05) is 12.0 Å². The molecule has 1 N–H and O–H groups in total. The maximum absolute atomic E-state index is 13.4. The van der Waals surface area contributed by atoms with Gasteiger partial charge in [0.05, 0.1) is 19.0 Å². The lowest BCUT2D eigenvalue weighted by Gasteiger charge is -2.32. The van der Waals surface area contributed by atoms with E-state index in [1.165, 1.54) is 10.9 Å². The number of hydrogen-bond acceptors (Lipinski definition) is 5.